The van der Waals surface area contributed by atoms with Gasteiger partial charge in [0.2, 0.25) is 5.16 Å². The summed E-state index contributed by atoms with van der Waals surface area (Å²) >= 11 is 3.32. The van der Waals surface area contributed by atoms with Crippen LogP contribution in [0.2, 0.25) is 0 Å². The predicted molar refractivity (Wildman–Crippen MR) is 85.3 cm³/mol. The lowest BCUT2D eigenvalue weighted by molar-refractivity contribution is 0.0697. The van der Waals surface area contributed by atoms with Crippen molar-refractivity contribution in [3.8, 4) is 0 Å². The molecule has 8 heteroatoms. The molecule has 2 aliphatic heterocycles. The van der Waals surface area contributed by atoms with Crippen LogP contribution in [-0.4, -0.2) is 25.9 Å². The SMILES string of the molecule is CCc1nnc2n1N1C(=CS[C@@H]1c1ccc(C(=O)O)cc1)S2. The number of benzene rings is 1. The Kier molecular flexibility index (Phi) is 3.16. The van der Waals surface area contributed by atoms with Gasteiger partial charge in [0.25, 0.3) is 0 Å². The van der Waals surface area contributed by atoms with Gasteiger partial charge in [0, 0.05) is 11.8 Å². The summed E-state index contributed by atoms with van der Waals surface area (Å²) in [5.41, 5.74) is 1.36. The van der Waals surface area contributed by atoms with E-state index in [0.29, 0.717) is 5.56 Å². The maximum Gasteiger partial charge on any atom is 0.335 e. The third-order valence-corrected chi connectivity index (χ3v) is 5.78. The maximum absolute atomic E-state index is 11.0. The first-order valence-electron chi connectivity index (χ1n) is 6.79. The van der Waals surface area contributed by atoms with Crippen molar-refractivity contribution in [1.29, 1.82) is 0 Å². The number of carboxylic acid groups (broad SMARTS) is 1. The van der Waals surface area contributed by atoms with Crippen molar-refractivity contribution in [3.63, 3.8) is 0 Å². The van der Waals surface area contributed by atoms with Crippen molar-refractivity contribution in [2.45, 2.75) is 23.9 Å². The number of fused-ring (bicyclic) bond motifs is 3. The number of carbonyl (C=O) groups is 1. The van der Waals surface area contributed by atoms with Gasteiger partial charge in [-0.3, -0.25) is 5.01 Å². The second-order valence-corrected chi connectivity index (χ2v) is 6.82. The normalized spacial score (nSPS) is 19.0. The molecule has 1 atom stereocenters. The molecule has 2 aliphatic rings. The average molecular weight is 332 g/mol. The molecule has 0 fully saturated rings. The minimum Gasteiger partial charge on any atom is -0.478 e. The number of hydrogen-bond donors (Lipinski definition) is 1. The summed E-state index contributed by atoms with van der Waals surface area (Å²) in [5.74, 6) is 0.0242. The summed E-state index contributed by atoms with van der Waals surface area (Å²) in [6, 6.07) is 7.04. The molecular weight excluding hydrogens is 320 g/mol. The molecule has 0 saturated heterocycles. The molecule has 1 N–H and O–H groups in total. The van der Waals surface area contributed by atoms with Crippen LogP contribution in [0.3, 0.4) is 0 Å². The molecule has 0 amide bonds. The van der Waals surface area contributed by atoms with E-state index in [1.165, 1.54) is 0 Å². The van der Waals surface area contributed by atoms with Gasteiger partial charge in [-0.2, -0.15) is 0 Å². The smallest absolute Gasteiger partial charge is 0.335 e. The molecule has 0 aliphatic carbocycles. The fourth-order valence-electron chi connectivity index (χ4n) is 2.52. The van der Waals surface area contributed by atoms with Gasteiger partial charge in [-0.1, -0.05) is 30.8 Å². The van der Waals surface area contributed by atoms with Gasteiger partial charge >= 0.3 is 5.97 Å². The van der Waals surface area contributed by atoms with Crippen LogP contribution in [0.25, 0.3) is 0 Å². The van der Waals surface area contributed by atoms with Crippen LogP contribution < -0.4 is 5.01 Å². The molecule has 0 spiro atoms. The van der Waals surface area contributed by atoms with Crippen LogP contribution in [0.15, 0.2) is 39.9 Å². The fourth-order valence-corrected chi connectivity index (χ4v) is 4.77. The largest absolute Gasteiger partial charge is 0.478 e. The Morgan fingerprint density at radius 3 is 2.77 bits per heavy atom. The molecule has 0 radical (unpaired) electrons. The topological polar surface area (TPSA) is 71.2 Å². The van der Waals surface area contributed by atoms with Crippen molar-refractivity contribution in [2.75, 3.05) is 5.01 Å². The van der Waals surface area contributed by atoms with E-state index in [1.807, 2.05) is 12.1 Å². The van der Waals surface area contributed by atoms with Crippen LogP contribution in [-0.2, 0) is 6.42 Å². The molecule has 0 saturated carbocycles. The number of aryl methyl sites for hydroxylation is 1. The number of thioether (sulfide) groups is 2. The summed E-state index contributed by atoms with van der Waals surface area (Å²) in [5, 5.41) is 23.8. The molecule has 3 heterocycles. The lowest BCUT2D eigenvalue weighted by Crippen LogP contribution is -2.30. The maximum atomic E-state index is 11.0. The third kappa shape index (κ3) is 1.94. The summed E-state index contributed by atoms with van der Waals surface area (Å²) < 4.78 is 2.06. The van der Waals surface area contributed by atoms with Crippen LogP contribution in [0, 0.1) is 0 Å². The second kappa shape index (κ2) is 5.06. The van der Waals surface area contributed by atoms with E-state index in [1.54, 1.807) is 35.7 Å². The zero-order valence-corrected chi connectivity index (χ0v) is 13.3. The predicted octanol–water partition coefficient (Wildman–Crippen LogP) is 2.83. The zero-order valence-electron chi connectivity index (χ0n) is 11.6. The highest BCUT2D eigenvalue weighted by Crippen LogP contribution is 2.51. The van der Waals surface area contributed by atoms with Crippen LogP contribution in [0.1, 0.15) is 34.0 Å². The average Bonchev–Trinajstić information content (AvgIpc) is 3.17. The second-order valence-electron chi connectivity index (χ2n) is 4.88. The summed E-state index contributed by atoms with van der Waals surface area (Å²) in [6.45, 7) is 2.06. The summed E-state index contributed by atoms with van der Waals surface area (Å²) in [4.78, 5) is 11.0. The lowest BCUT2D eigenvalue weighted by atomic mass is 10.1. The molecule has 6 nitrogen and oxygen atoms in total. The summed E-state index contributed by atoms with van der Waals surface area (Å²) in [6.07, 6.45) is 0.812. The quantitative estimate of drug-likeness (QED) is 0.926. The van der Waals surface area contributed by atoms with Crippen molar-refractivity contribution in [3.05, 3.63) is 51.7 Å². The highest BCUT2D eigenvalue weighted by molar-refractivity contribution is 8.07. The molecule has 22 heavy (non-hydrogen) atoms. The van der Waals surface area contributed by atoms with Crippen molar-refractivity contribution >= 4 is 29.5 Å². The Labute approximate surface area is 135 Å². The van der Waals surface area contributed by atoms with Crippen molar-refractivity contribution < 1.29 is 9.90 Å². The van der Waals surface area contributed by atoms with Crippen LogP contribution >= 0.6 is 23.5 Å². The van der Waals surface area contributed by atoms with Gasteiger partial charge in [0.15, 0.2) is 5.82 Å². The molecule has 2 aromatic rings. The Hall–Kier alpha value is -1.93. The molecule has 0 bridgehead atoms. The Bertz CT molecular complexity index is 785. The van der Waals surface area contributed by atoms with Gasteiger partial charge in [-0.25, -0.2) is 9.47 Å². The number of aromatic nitrogens is 3. The number of nitrogens with zero attached hydrogens (tertiary/aromatic N) is 4. The van der Waals surface area contributed by atoms with Crippen molar-refractivity contribution in [1.82, 2.24) is 14.9 Å². The number of carboxylic acids is 1. The summed E-state index contributed by atoms with van der Waals surface area (Å²) in [7, 11) is 0. The Morgan fingerprint density at radius 1 is 1.32 bits per heavy atom. The van der Waals surface area contributed by atoms with Gasteiger partial charge in [-0.15, -0.1) is 10.2 Å². The standard InChI is InChI=1S/C14H12N4O2S2/c1-2-10-15-16-14-17(10)18-11(22-14)7-21-12(18)8-3-5-9(6-4-8)13(19)20/h3-7,12H,2H2,1H3,(H,19,20)/t12-/m1/s1. The first kappa shape index (κ1) is 13.7. The Morgan fingerprint density at radius 2 is 2.09 bits per heavy atom. The van der Waals surface area contributed by atoms with Gasteiger partial charge in [0.05, 0.1) is 5.56 Å². The first-order chi connectivity index (χ1) is 10.7. The van der Waals surface area contributed by atoms with E-state index in [0.717, 1.165) is 28.0 Å². The lowest BCUT2D eigenvalue weighted by Gasteiger charge is -2.25. The fraction of sp³-hybridized carbons (Fsp3) is 0.214. The first-order valence-corrected chi connectivity index (χ1v) is 8.55. The van der Waals surface area contributed by atoms with E-state index in [2.05, 4.69) is 32.2 Å². The van der Waals surface area contributed by atoms with Crippen molar-refractivity contribution in [2.24, 2.45) is 0 Å². The number of aromatic carboxylic acids is 1. The minimum atomic E-state index is -0.907. The van der Waals surface area contributed by atoms with E-state index < -0.39 is 5.97 Å². The molecule has 4 rings (SSSR count). The molecule has 112 valence electrons. The number of rotatable bonds is 3. The van der Waals surface area contributed by atoms with E-state index >= 15 is 0 Å². The van der Waals surface area contributed by atoms with E-state index in [4.69, 9.17) is 5.11 Å². The van der Waals surface area contributed by atoms with E-state index in [-0.39, 0.29) is 5.37 Å². The molecule has 1 aromatic carbocycles. The van der Waals surface area contributed by atoms with Gasteiger partial charge < -0.3 is 5.11 Å². The van der Waals surface area contributed by atoms with E-state index in [9.17, 15) is 4.79 Å². The molecule has 0 unspecified atom stereocenters. The van der Waals surface area contributed by atoms with Crippen LogP contribution in [0.5, 0.6) is 0 Å². The highest BCUT2D eigenvalue weighted by Gasteiger charge is 2.39. The molecular formula is C14H12N4O2S2. The van der Waals surface area contributed by atoms with Crippen LogP contribution in [0.4, 0.5) is 0 Å². The Balaban J connectivity index is 1.71. The van der Waals surface area contributed by atoms with Gasteiger partial charge in [0.1, 0.15) is 10.4 Å². The third-order valence-electron chi connectivity index (χ3n) is 3.59. The minimum absolute atomic E-state index is 0.0768. The van der Waals surface area contributed by atoms with Gasteiger partial charge in [-0.05, 0) is 29.5 Å². The zero-order chi connectivity index (χ0) is 15.3. The highest BCUT2D eigenvalue weighted by atomic mass is 32.2. The monoisotopic (exact) mass is 332 g/mol. The molecule has 1 aromatic heterocycles. The number of hydrogen-bond acceptors (Lipinski definition) is 6.